The van der Waals surface area contributed by atoms with Gasteiger partial charge in [0, 0.05) is 10.5 Å². The summed E-state index contributed by atoms with van der Waals surface area (Å²) in [4.78, 5) is 0. The van der Waals surface area contributed by atoms with E-state index in [4.69, 9.17) is 11.5 Å². The third-order valence-electron chi connectivity index (χ3n) is 2.33. The van der Waals surface area contributed by atoms with Crippen LogP contribution >= 0.6 is 15.9 Å². The number of hydrogen-bond donors (Lipinski definition) is 2. The summed E-state index contributed by atoms with van der Waals surface area (Å²) in [5.41, 5.74) is 12.3. The predicted octanol–water partition coefficient (Wildman–Crippen LogP) is 2.72. The average molecular weight is 275 g/mol. The summed E-state index contributed by atoms with van der Waals surface area (Å²) in [6, 6.07) is 4.56. The first-order valence-corrected chi connectivity index (χ1v) is 5.85. The van der Waals surface area contributed by atoms with E-state index in [9.17, 15) is 4.39 Å². The molecule has 0 aliphatic heterocycles. The molecule has 0 radical (unpaired) electrons. The van der Waals surface area contributed by atoms with Crippen LogP contribution in [0, 0.1) is 5.82 Å². The Hall–Kier alpha value is -0.450. The van der Waals surface area contributed by atoms with Crippen molar-refractivity contribution in [1.29, 1.82) is 0 Å². The number of nitrogens with two attached hydrogens (primary N) is 2. The molecule has 15 heavy (non-hydrogen) atoms. The van der Waals surface area contributed by atoms with Crippen LogP contribution in [0.5, 0.6) is 0 Å². The van der Waals surface area contributed by atoms with Crippen molar-refractivity contribution in [2.75, 3.05) is 6.54 Å². The molecule has 2 nitrogen and oxygen atoms in total. The van der Waals surface area contributed by atoms with Gasteiger partial charge in [-0.2, -0.15) is 0 Å². The van der Waals surface area contributed by atoms with Gasteiger partial charge in [-0.3, -0.25) is 0 Å². The van der Waals surface area contributed by atoms with Gasteiger partial charge in [-0.05, 0) is 37.1 Å². The lowest BCUT2D eigenvalue weighted by atomic mass is 10.0. The van der Waals surface area contributed by atoms with E-state index in [1.165, 1.54) is 12.1 Å². The lowest BCUT2D eigenvalue weighted by Crippen LogP contribution is -2.11. The van der Waals surface area contributed by atoms with E-state index in [0.29, 0.717) is 6.54 Å². The second kappa shape index (κ2) is 6.20. The van der Waals surface area contributed by atoms with Gasteiger partial charge < -0.3 is 11.5 Å². The summed E-state index contributed by atoms with van der Waals surface area (Å²) in [6.07, 6.45) is 2.86. The Balaban J connectivity index is 2.61. The third kappa shape index (κ3) is 3.89. The standard InChI is InChI=1S/C11H16BrFN2/c12-10-7-8(13)4-5-9(10)11(15)3-1-2-6-14/h4-5,7,11H,1-3,6,14-15H2/t11-/m1/s1. The molecular weight excluding hydrogens is 259 g/mol. The van der Waals surface area contributed by atoms with E-state index in [2.05, 4.69) is 15.9 Å². The molecule has 0 heterocycles. The van der Waals surface area contributed by atoms with Crippen molar-refractivity contribution in [3.63, 3.8) is 0 Å². The number of halogens is 2. The van der Waals surface area contributed by atoms with Gasteiger partial charge in [0.1, 0.15) is 5.82 Å². The highest BCUT2D eigenvalue weighted by Crippen LogP contribution is 2.25. The fourth-order valence-corrected chi connectivity index (χ4v) is 2.11. The monoisotopic (exact) mass is 274 g/mol. The highest BCUT2D eigenvalue weighted by molar-refractivity contribution is 9.10. The lowest BCUT2D eigenvalue weighted by Gasteiger charge is -2.13. The molecule has 0 saturated carbocycles. The Kier molecular flexibility index (Phi) is 5.22. The van der Waals surface area contributed by atoms with E-state index >= 15 is 0 Å². The fraction of sp³-hybridized carbons (Fsp3) is 0.455. The zero-order valence-corrected chi connectivity index (χ0v) is 10.1. The molecule has 4 heteroatoms. The van der Waals surface area contributed by atoms with Crippen molar-refractivity contribution in [2.45, 2.75) is 25.3 Å². The summed E-state index contributed by atoms with van der Waals surface area (Å²) in [7, 11) is 0. The Morgan fingerprint density at radius 3 is 2.67 bits per heavy atom. The van der Waals surface area contributed by atoms with Crippen molar-refractivity contribution in [2.24, 2.45) is 11.5 Å². The third-order valence-corrected chi connectivity index (χ3v) is 3.02. The molecule has 0 saturated heterocycles. The maximum absolute atomic E-state index is 12.8. The number of unbranched alkanes of at least 4 members (excludes halogenated alkanes) is 1. The Morgan fingerprint density at radius 2 is 2.07 bits per heavy atom. The summed E-state index contributed by atoms with van der Waals surface area (Å²) in [5, 5.41) is 0. The van der Waals surface area contributed by atoms with Gasteiger partial charge in [-0.25, -0.2) is 4.39 Å². The Bertz CT molecular complexity index is 317. The number of benzene rings is 1. The van der Waals surface area contributed by atoms with E-state index in [-0.39, 0.29) is 11.9 Å². The number of rotatable bonds is 5. The molecule has 1 atom stereocenters. The quantitative estimate of drug-likeness (QED) is 0.812. The van der Waals surface area contributed by atoms with Gasteiger partial charge in [-0.15, -0.1) is 0 Å². The van der Waals surface area contributed by atoms with Crippen LogP contribution < -0.4 is 11.5 Å². The molecule has 1 aromatic rings. The Morgan fingerprint density at radius 1 is 1.33 bits per heavy atom. The van der Waals surface area contributed by atoms with Crippen molar-refractivity contribution < 1.29 is 4.39 Å². The normalized spacial score (nSPS) is 12.8. The highest BCUT2D eigenvalue weighted by Gasteiger charge is 2.09. The molecule has 84 valence electrons. The smallest absolute Gasteiger partial charge is 0.124 e. The van der Waals surface area contributed by atoms with Gasteiger partial charge in [0.15, 0.2) is 0 Å². The molecule has 0 spiro atoms. The van der Waals surface area contributed by atoms with Crippen LogP contribution in [0.1, 0.15) is 30.9 Å². The minimum Gasteiger partial charge on any atom is -0.330 e. The highest BCUT2D eigenvalue weighted by atomic mass is 79.9. The first kappa shape index (κ1) is 12.6. The van der Waals surface area contributed by atoms with Crippen molar-refractivity contribution in [3.05, 3.63) is 34.1 Å². The van der Waals surface area contributed by atoms with Gasteiger partial charge in [-0.1, -0.05) is 28.4 Å². The van der Waals surface area contributed by atoms with E-state index in [1.807, 2.05) is 0 Å². The van der Waals surface area contributed by atoms with Crippen molar-refractivity contribution in [3.8, 4) is 0 Å². The zero-order chi connectivity index (χ0) is 11.3. The summed E-state index contributed by atoms with van der Waals surface area (Å²) in [6.45, 7) is 0.692. The van der Waals surface area contributed by atoms with E-state index < -0.39 is 0 Å². The maximum atomic E-state index is 12.8. The summed E-state index contributed by atoms with van der Waals surface area (Å²) >= 11 is 3.31. The maximum Gasteiger partial charge on any atom is 0.124 e. The summed E-state index contributed by atoms with van der Waals surface area (Å²) in [5.74, 6) is -0.250. The molecule has 1 rings (SSSR count). The zero-order valence-electron chi connectivity index (χ0n) is 8.55. The van der Waals surface area contributed by atoms with Crippen molar-refractivity contribution in [1.82, 2.24) is 0 Å². The minimum absolute atomic E-state index is 0.0495. The van der Waals surface area contributed by atoms with Gasteiger partial charge >= 0.3 is 0 Å². The largest absolute Gasteiger partial charge is 0.330 e. The SMILES string of the molecule is NCCCC[C@@H](N)c1ccc(F)cc1Br. The van der Waals surface area contributed by atoms with E-state index in [1.54, 1.807) is 6.07 Å². The van der Waals surface area contributed by atoms with Gasteiger partial charge in [0.05, 0.1) is 0 Å². The van der Waals surface area contributed by atoms with Crippen LogP contribution in [-0.4, -0.2) is 6.54 Å². The molecule has 0 aliphatic rings. The van der Waals surface area contributed by atoms with Crippen LogP contribution in [0.3, 0.4) is 0 Å². The van der Waals surface area contributed by atoms with E-state index in [0.717, 1.165) is 29.3 Å². The minimum atomic E-state index is -0.250. The molecule has 4 N–H and O–H groups in total. The molecule has 0 aromatic heterocycles. The molecule has 0 unspecified atom stereocenters. The molecule has 0 fully saturated rings. The number of hydrogen-bond acceptors (Lipinski definition) is 2. The second-order valence-electron chi connectivity index (χ2n) is 3.56. The molecule has 1 aromatic carbocycles. The van der Waals surface area contributed by atoms with Crippen LogP contribution in [0.4, 0.5) is 4.39 Å². The fourth-order valence-electron chi connectivity index (χ4n) is 1.47. The van der Waals surface area contributed by atoms with Gasteiger partial charge in [0.25, 0.3) is 0 Å². The van der Waals surface area contributed by atoms with Gasteiger partial charge in [0.2, 0.25) is 0 Å². The van der Waals surface area contributed by atoms with Crippen LogP contribution in [-0.2, 0) is 0 Å². The van der Waals surface area contributed by atoms with Crippen LogP contribution in [0.25, 0.3) is 0 Å². The molecule has 0 bridgehead atoms. The summed E-state index contributed by atoms with van der Waals surface area (Å²) < 4.78 is 13.6. The predicted molar refractivity (Wildman–Crippen MR) is 63.9 cm³/mol. The second-order valence-corrected chi connectivity index (χ2v) is 4.41. The molecule has 0 aliphatic carbocycles. The Labute approximate surface area is 98.0 Å². The molecule has 0 amide bonds. The van der Waals surface area contributed by atoms with Crippen LogP contribution in [0.15, 0.2) is 22.7 Å². The average Bonchev–Trinajstić information content (AvgIpc) is 2.17. The van der Waals surface area contributed by atoms with Crippen LogP contribution in [0.2, 0.25) is 0 Å². The first-order chi connectivity index (χ1) is 7.15. The first-order valence-electron chi connectivity index (χ1n) is 5.05. The van der Waals surface area contributed by atoms with Crippen molar-refractivity contribution >= 4 is 15.9 Å². The molecular formula is C11H16BrFN2. The lowest BCUT2D eigenvalue weighted by molar-refractivity contribution is 0.584. The topological polar surface area (TPSA) is 52.0 Å².